The maximum Gasteiger partial charge on any atom is 0.343 e. The maximum absolute atomic E-state index is 12.1. The number of carbonyl (C=O) groups is 1. The van der Waals surface area contributed by atoms with E-state index in [1.807, 2.05) is 26.0 Å². The molecule has 3 heteroatoms. The molecular formula is C17H17ClO2. The summed E-state index contributed by atoms with van der Waals surface area (Å²) >= 11 is 6.10. The fourth-order valence-corrected chi connectivity index (χ4v) is 2.12. The molecule has 2 aromatic carbocycles. The van der Waals surface area contributed by atoms with Crippen LogP contribution in [0.25, 0.3) is 0 Å². The van der Waals surface area contributed by atoms with Crippen LogP contribution in [0.5, 0.6) is 5.75 Å². The summed E-state index contributed by atoms with van der Waals surface area (Å²) in [4.78, 5) is 12.1. The molecule has 0 saturated carbocycles. The van der Waals surface area contributed by atoms with Crippen molar-refractivity contribution in [2.24, 2.45) is 0 Å². The normalized spacial score (nSPS) is 10.4. The summed E-state index contributed by atoms with van der Waals surface area (Å²) in [6, 6.07) is 11.0. The predicted octanol–water partition coefficient (Wildman–Crippen LogP) is 4.74. The van der Waals surface area contributed by atoms with Crippen LogP contribution >= 0.6 is 11.6 Å². The third-order valence-corrected chi connectivity index (χ3v) is 3.81. The van der Waals surface area contributed by atoms with Gasteiger partial charge in [-0.25, -0.2) is 4.79 Å². The Morgan fingerprint density at radius 2 is 1.65 bits per heavy atom. The van der Waals surface area contributed by atoms with Gasteiger partial charge >= 0.3 is 5.97 Å². The van der Waals surface area contributed by atoms with Crippen LogP contribution in [0.1, 0.15) is 34.0 Å². The summed E-state index contributed by atoms with van der Waals surface area (Å²) < 4.78 is 5.39. The Hall–Kier alpha value is -1.80. The Bertz CT molecular complexity index is 607. The zero-order chi connectivity index (χ0) is 14.7. The third-order valence-electron chi connectivity index (χ3n) is 3.22. The second-order valence-corrected chi connectivity index (χ2v) is 5.19. The SMILES string of the molecule is CCc1ccc(C(=O)Oc2cc(C)c(Cl)c(C)c2)cc1. The standard InChI is InChI=1S/C17H17ClO2/c1-4-13-5-7-14(8-6-13)17(19)20-15-9-11(2)16(18)12(3)10-15/h5-10H,4H2,1-3H3. The highest BCUT2D eigenvalue weighted by molar-refractivity contribution is 6.32. The van der Waals surface area contributed by atoms with Gasteiger partial charge in [-0.15, -0.1) is 0 Å². The number of hydrogen-bond acceptors (Lipinski definition) is 2. The first kappa shape index (κ1) is 14.6. The molecule has 0 aliphatic heterocycles. The van der Waals surface area contributed by atoms with Crippen LogP contribution in [0.3, 0.4) is 0 Å². The number of halogens is 1. The fourth-order valence-electron chi connectivity index (χ4n) is 2.01. The number of benzene rings is 2. The van der Waals surface area contributed by atoms with E-state index in [0.29, 0.717) is 16.3 Å². The Morgan fingerprint density at radius 3 is 2.15 bits per heavy atom. The first-order valence-electron chi connectivity index (χ1n) is 6.59. The van der Waals surface area contributed by atoms with Crippen LogP contribution in [0.15, 0.2) is 36.4 Å². The topological polar surface area (TPSA) is 26.3 Å². The monoisotopic (exact) mass is 288 g/mol. The average molecular weight is 289 g/mol. The van der Waals surface area contributed by atoms with Gasteiger partial charge in [-0.05, 0) is 61.2 Å². The van der Waals surface area contributed by atoms with Gasteiger partial charge in [-0.2, -0.15) is 0 Å². The van der Waals surface area contributed by atoms with Crippen molar-refractivity contribution in [3.63, 3.8) is 0 Å². The van der Waals surface area contributed by atoms with E-state index in [1.165, 1.54) is 5.56 Å². The quantitative estimate of drug-likeness (QED) is 0.602. The minimum atomic E-state index is -0.353. The molecule has 0 aliphatic rings. The van der Waals surface area contributed by atoms with Gasteiger partial charge < -0.3 is 4.74 Å². The minimum absolute atomic E-state index is 0.353. The van der Waals surface area contributed by atoms with Crippen LogP contribution in [0, 0.1) is 13.8 Å². The van der Waals surface area contributed by atoms with Gasteiger partial charge in [0.1, 0.15) is 5.75 Å². The number of esters is 1. The second kappa shape index (κ2) is 6.10. The van der Waals surface area contributed by atoms with Gasteiger partial charge in [0.2, 0.25) is 0 Å². The fraction of sp³-hybridized carbons (Fsp3) is 0.235. The van der Waals surface area contributed by atoms with Crippen molar-refractivity contribution in [3.05, 3.63) is 63.7 Å². The molecule has 2 nitrogen and oxygen atoms in total. The molecule has 20 heavy (non-hydrogen) atoms. The molecule has 0 heterocycles. The van der Waals surface area contributed by atoms with Crippen LogP contribution in [0.2, 0.25) is 5.02 Å². The molecule has 0 bridgehead atoms. The highest BCUT2D eigenvalue weighted by atomic mass is 35.5. The summed E-state index contributed by atoms with van der Waals surface area (Å²) in [5, 5.41) is 0.706. The first-order chi connectivity index (χ1) is 9.51. The van der Waals surface area contributed by atoms with E-state index in [4.69, 9.17) is 16.3 Å². The van der Waals surface area contributed by atoms with Gasteiger partial charge in [0.05, 0.1) is 5.56 Å². The van der Waals surface area contributed by atoms with E-state index in [-0.39, 0.29) is 5.97 Å². The molecule has 2 rings (SSSR count). The zero-order valence-corrected chi connectivity index (χ0v) is 12.6. The van der Waals surface area contributed by atoms with Crippen molar-refractivity contribution in [1.82, 2.24) is 0 Å². The van der Waals surface area contributed by atoms with E-state index in [1.54, 1.807) is 24.3 Å². The molecule has 0 radical (unpaired) electrons. The van der Waals surface area contributed by atoms with Gasteiger partial charge in [0.15, 0.2) is 0 Å². The van der Waals surface area contributed by atoms with Crippen LogP contribution < -0.4 is 4.74 Å². The molecule has 0 N–H and O–H groups in total. The Balaban J connectivity index is 2.18. The van der Waals surface area contributed by atoms with Crippen molar-refractivity contribution in [3.8, 4) is 5.75 Å². The Labute approximate surface area is 124 Å². The van der Waals surface area contributed by atoms with E-state index in [0.717, 1.165) is 17.5 Å². The zero-order valence-electron chi connectivity index (χ0n) is 11.9. The van der Waals surface area contributed by atoms with Gasteiger partial charge in [0.25, 0.3) is 0 Å². The van der Waals surface area contributed by atoms with E-state index in [2.05, 4.69) is 6.92 Å². The lowest BCUT2D eigenvalue weighted by Crippen LogP contribution is -2.08. The van der Waals surface area contributed by atoms with Crippen molar-refractivity contribution in [2.45, 2.75) is 27.2 Å². The average Bonchev–Trinajstić information content (AvgIpc) is 2.44. The van der Waals surface area contributed by atoms with Gasteiger partial charge in [-0.1, -0.05) is 30.7 Å². The molecule has 2 aromatic rings. The summed E-state index contributed by atoms with van der Waals surface area (Å²) in [5.74, 6) is 0.169. The molecule has 0 saturated heterocycles. The molecule has 104 valence electrons. The van der Waals surface area contributed by atoms with Crippen molar-refractivity contribution in [1.29, 1.82) is 0 Å². The van der Waals surface area contributed by atoms with E-state index < -0.39 is 0 Å². The lowest BCUT2D eigenvalue weighted by Gasteiger charge is -2.09. The molecule has 0 unspecified atom stereocenters. The number of ether oxygens (including phenoxy) is 1. The smallest absolute Gasteiger partial charge is 0.343 e. The van der Waals surface area contributed by atoms with E-state index >= 15 is 0 Å². The summed E-state index contributed by atoms with van der Waals surface area (Å²) in [6.45, 7) is 5.86. The largest absolute Gasteiger partial charge is 0.423 e. The van der Waals surface area contributed by atoms with Crippen molar-refractivity contribution >= 4 is 17.6 Å². The molecule has 0 spiro atoms. The number of aryl methyl sites for hydroxylation is 3. The van der Waals surface area contributed by atoms with Crippen LogP contribution in [-0.2, 0) is 6.42 Å². The molecule has 0 aromatic heterocycles. The molecule has 0 aliphatic carbocycles. The van der Waals surface area contributed by atoms with E-state index in [9.17, 15) is 4.79 Å². The highest BCUT2D eigenvalue weighted by Gasteiger charge is 2.10. The summed E-state index contributed by atoms with van der Waals surface area (Å²) in [7, 11) is 0. The molecule has 0 fully saturated rings. The number of carbonyl (C=O) groups excluding carboxylic acids is 1. The van der Waals surface area contributed by atoms with Crippen LogP contribution in [-0.4, -0.2) is 5.97 Å². The minimum Gasteiger partial charge on any atom is -0.423 e. The van der Waals surface area contributed by atoms with Gasteiger partial charge in [-0.3, -0.25) is 0 Å². The maximum atomic E-state index is 12.1. The highest BCUT2D eigenvalue weighted by Crippen LogP contribution is 2.26. The Morgan fingerprint density at radius 1 is 1.10 bits per heavy atom. The first-order valence-corrected chi connectivity index (χ1v) is 6.97. The second-order valence-electron chi connectivity index (χ2n) is 4.81. The Kier molecular flexibility index (Phi) is 4.46. The lowest BCUT2D eigenvalue weighted by atomic mass is 10.1. The van der Waals surface area contributed by atoms with Crippen molar-refractivity contribution < 1.29 is 9.53 Å². The summed E-state index contributed by atoms with van der Waals surface area (Å²) in [5.41, 5.74) is 3.54. The van der Waals surface area contributed by atoms with Gasteiger partial charge in [0, 0.05) is 5.02 Å². The third kappa shape index (κ3) is 3.20. The predicted molar refractivity (Wildman–Crippen MR) is 81.7 cm³/mol. The lowest BCUT2D eigenvalue weighted by molar-refractivity contribution is 0.0734. The summed E-state index contributed by atoms with van der Waals surface area (Å²) in [6.07, 6.45) is 0.949. The van der Waals surface area contributed by atoms with Crippen LogP contribution in [0.4, 0.5) is 0 Å². The number of rotatable bonds is 3. The molecule has 0 amide bonds. The molecule has 0 atom stereocenters. The molecular weight excluding hydrogens is 272 g/mol. The van der Waals surface area contributed by atoms with Crippen molar-refractivity contribution in [2.75, 3.05) is 0 Å². The number of hydrogen-bond donors (Lipinski definition) is 0.